The highest BCUT2D eigenvalue weighted by atomic mass is 16.6. The molecule has 0 bridgehead atoms. The third-order valence-corrected chi connectivity index (χ3v) is 2.64. The number of nitro benzene ring substituents is 1. The Morgan fingerprint density at radius 1 is 1.30 bits per heavy atom. The number of benzene rings is 1. The second-order valence-electron chi connectivity index (χ2n) is 3.81. The first-order valence-electron chi connectivity index (χ1n) is 5.19. The van der Waals surface area contributed by atoms with Gasteiger partial charge in [0.05, 0.1) is 4.92 Å². The number of phenolic OH excluding ortho intramolecular Hbond substituents is 1. The maximum absolute atomic E-state index is 11.5. The number of hydrogen-bond donors (Lipinski definition) is 1. The van der Waals surface area contributed by atoms with Gasteiger partial charge in [-0.2, -0.15) is 0 Å². The number of non-ortho nitro benzene ring substituents is 1. The molecule has 0 saturated heterocycles. The number of aromatic hydroxyl groups is 1. The Labute approximate surface area is 109 Å². The van der Waals surface area contributed by atoms with E-state index >= 15 is 0 Å². The van der Waals surface area contributed by atoms with Gasteiger partial charge in [0.1, 0.15) is 11.4 Å². The van der Waals surface area contributed by atoms with Gasteiger partial charge < -0.3 is 9.84 Å². The first-order chi connectivity index (χ1) is 9.49. The van der Waals surface area contributed by atoms with Crippen LogP contribution in [-0.4, -0.2) is 37.0 Å². The molecule has 0 saturated carbocycles. The van der Waals surface area contributed by atoms with Gasteiger partial charge in [-0.05, 0) is 6.07 Å². The Hall–Kier alpha value is -3.30. The van der Waals surface area contributed by atoms with Crippen molar-refractivity contribution in [3.63, 3.8) is 0 Å². The molecule has 0 spiro atoms. The zero-order valence-corrected chi connectivity index (χ0v) is 9.51. The lowest BCUT2D eigenvalue weighted by Gasteiger charge is -2.04. The number of fused-ring (bicyclic) bond motifs is 1. The summed E-state index contributed by atoms with van der Waals surface area (Å²) in [6, 6.07) is 3.16. The molecule has 1 aromatic carbocycles. The van der Waals surface area contributed by atoms with Crippen LogP contribution >= 0.6 is 0 Å². The Morgan fingerprint density at radius 2 is 2.05 bits per heavy atom. The number of phenols is 1. The zero-order valence-electron chi connectivity index (χ0n) is 9.51. The number of carbonyl (C=O) groups is 2. The highest BCUT2D eigenvalue weighted by molar-refractivity contribution is 6.12. The summed E-state index contributed by atoms with van der Waals surface area (Å²) in [6.45, 7) is 0. The normalized spacial score (nSPS) is 13.2. The third-order valence-electron chi connectivity index (χ3n) is 2.64. The second kappa shape index (κ2) is 3.85. The monoisotopic (exact) mass is 276 g/mol. The van der Waals surface area contributed by atoms with E-state index in [0.29, 0.717) is 0 Å². The summed E-state index contributed by atoms with van der Waals surface area (Å²) in [5.41, 5.74) is -1.06. The molecule has 20 heavy (non-hydrogen) atoms. The number of rotatable bonds is 2. The van der Waals surface area contributed by atoms with E-state index in [4.69, 9.17) is 0 Å². The topological polar surface area (TPSA) is 137 Å². The molecular formula is C10H4N4O6. The molecule has 2 heterocycles. The van der Waals surface area contributed by atoms with Crippen LogP contribution in [0.5, 0.6) is 5.75 Å². The first-order valence-corrected chi connectivity index (χ1v) is 5.19. The Kier molecular flexibility index (Phi) is 2.26. The Bertz CT molecular complexity index is 780. The lowest BCUT2D eigenvalue weighted by molar-refractivity contribution is -0.384. The fourth-order valence-corrected chi connectivity index (χ4v) is 1.75. The van der Waals surface area contributed by atoms with Crippen LogP contribution in [0, 0.1) is 10.1 Å². The number of hydrogen-bond acceptors (Lipinski definition) is 8. The van der Waals surface area contributed by atoms with Gasteiger partial charge in [-0.25, -0.2) is 14.3 Å². The van der Waals surface area contributed by atoms with E-state index in [1.807, 2.05) is 0 Å². The van der Waals surface area contributed by atoms with E-state index in [-0.39, 0.29) is 28.5 Å². The highest BCUT2D eigenvalue weighted by Gasteiger charge is 2.37. The van der Waals surface area contributed by atoms with E-state index in [1.165, 1.54) is 0 Å². The number of cyclic esters (lactones) is 2. The van der Waals surface area contributed by atoms with Gasteiger partial charge in [0.2, 0.25) is 5.69 Å². The maximum Gasteiger partial charge on any atom is 0.369 e. The van der Waals surface area contributed by atoms with E-state index < -0.39 is 16.9 Å². The molecule has 2 aromatic rings. The second-order valence-corrected chi connectivity index (χ2v) is 3.81. The largest absolute Gasteiger partial charge is 0.506 e. The van der Waals surface area contributed by atoms with Crippen molar-refractivity contribution in [2.24, 2.45) is 0 Å². The van der Waals surface area contributed by atoms with Crippen LogP contribution in [0.1, 0.15) is 21.0 Å². The summed E-state index contributed by atoms with van der Waals surface area (Å²) >= 11 is 0. The van der Waals surface area contributed by atoms with Crippen LogP contribution in [0.4, 0.5) is 5.69 Å². The summed E-state index contributed by atoms with van der Waals surface area (Å²) < 4.78 is 5.16. The third kappa shape index (κ3) is 1.51. The lowest BCUT2D eigenvalue weighted by Crippen LogP contribution is -2.08. The number of aromatic nitrogens is 3. The molecule has 1 aliphatic rings. The smallest absolute Gasteiger partial charge is 0.369 e. The fourth-order valence-electron chi connectivity index (χ4n) is 1.75. The number of nitro groups is 1. The average molecular weight is 276 g/mol. The standard InChI is InChI=1S/C10H4N4O6/c15-6-2-1-4(14(18)19)3-5(6)13-8-7(11-12-13)9(16)20-10(8)17/h1-3,15H. The minimum absolute atomic E-state index is 0.153. The molecule has 0 unspecified atom stereocenters. The first kappa shape index (κ1) is 11.8. The predicted octanol–water partition coefficient (Wildman–Crippen LogP) is 0.192. The van der Waals surface area contributed by atoms with Crippen molar-refractivity contribution in [1.29, 1.82) is 0 Å². The van der Waals surface area contributed by atoms with Crippen LogP contribution in [0.2, 0.25) is 0 Å². The molecule has 1 aliphatic heterocycles. The Morgan fingerprint density at radius 3 is 2.75 bits per heavy atom. The van der Waals surface area contributed by atoms with Gasteiger partial charge in [0.15, 0.2) is 5.69 Å². The van der Waals surface area contributed by atoms with Gasteiger partial charge in [-0.3, -0.25) is 10.1 Å². The molecule has 10 nitrogen and oxygen atoms in total. The zero-order chi connectivity index (χ0) is 14.4. The number of esters is 2. The summed E-state index contributed by atoms with van der Waals surface area (Å²) in [5, 5.41) is 27.4. The number of carbonyl (C=O) groups excluding carboxylic acids is 2. The van der Waals surface area contributed by atoms with Crippen molar-refractivity contribution in [1.82, 2.24) is 15.0 Å². The summed E-state index contributed by atoms with van der Waals surface area (Å²) in [5.74, 6) is -2.31. The molecule has 1 aromatic heterocycles. The molecule has 0 radical (unpaired) electrons. The molecule has 10 heteroatoms. The van der Waals surface area contributed by atoms with Crippen LogP contribution in [0.3, 0.4) is 0 Å². The minimum atomic E-state index is -0.985. The van der Waals surface area contributed by atoms with E-state index in [9.17, 15) is 24.8 Å². The molecule has 0 fully saturated rings. The molecule has 1 N–H and O–H groups in total. The van der Waals surface area contributed by atoms with E-state index in [1.54, 1.807) is 0 Å². The number of nitrogens with zero attached hydrogens (tertiary/aromatic N) is 4. The average Bonchev–Trinajstić information content (AvgIpc) is 2.93. The van der Waals surface area contributed by atoms with Crippen molar-refractivity contribution >= 4 is 17.6 Å². The van der Waals surface area contributed by atoms with Crippen LogP contribution in [-0.2, 0) is 4.74 Å². The van der Waals surface area contributed by atoms with Crippen LogP contribution in [0.15, 0.2) is 18.2 Å². The van der Waals surface area contributed by atoms with Gasteiger partial charge >= 0.3 is 11.9 Å². The molecule has 0 amide bonds. The Balaban J connectivity index is 2.23. The SMILES string of the molecule is O=C1OC(=O)c2c1nnn2-c1cc([N+](=O)[O-])ccc1O. The van der Waals surface area contributed by atoms with Gasteiger partial charge in [0.25, 0.3) is 5.69 Å². The van der Waals surface area contributed by atoms with Gasteiger partial charge in [-0.15, -0.1) is 5.10 Å². The molecule has 3 rings (SSSR count). The van der Waals surface area contributed by atoms with Crippen molar-refractivity contribution < 1.29 is 24.4 Å². The molecule has 0 atom stereocenters. The molecule has 0 aliphatic carbocycles. The van der Waals surface area contributed by atoms with Crippen molar-refractivity contribution in [2.75, 3.05) is 0 Å². The van der Waals surface area contributed by atoms with Crippen molar-refractivity contribution in [3.8, 4) is 11.4 Å². The maximum atomic E-state index is 11.5. The fraction of sp³-hybridized carbons (Fsp3) is 0. The minimum Gasteiger partial charge on any atom is -0.506 e. The van der Waals surface area contributed by atoms with E-state index in [0.717, 1.165) is 22.9 Å². The van der Waals surface area contributed by atoms with E-state index in [2.05, 4.69) is 15.0 Å². The van der Waals surface area contributed by atoms with Crippen molar-refractivity contribution in [3.05, 3.63) is 39.7 Å². The lowest BCUT2D eigenvalue weighted by atomic mass is 10.2. The summed E-state index contributed by atoms with van der Waals surface area (Å²) in [6.07, 6.45) is 0. The van der Waals surface area contributed by atoms with Crippen LogP contribution < -0.4 is 0 Å². The summed E-state index contributed by atoms with van der Waals surface area (Å²) in [7, 11) is 0. The molecular weight excluding hydrogens is 272 g/mol. The predicted molar refractivity (Wildman–Crippen MR) is 59.4 cm³/mol. The van der Waals surface area contributed by atoms with Crippen molar-refractivity contribution in [2.45, 2.75) is 0 Å². The molecule has 100 valence electrons. The quantitative estimate of drug-likeness (QED) is 0.355. The van der Waals surface area contributed by atoms with Gasteiger partial charge in [-0.1, -0.05) is 5.21 Å². The number of ether oxygens (including phenoxy) is 1. The highest BCUT2D eigenvalue weighted by Crippen LogP contribution is 2.29. The van der Waals surface area contributed by atoms with Crippen LogP contribution in [0.25, 0.3) is 5.69 Å². The van der Waals surface area contributed by atoms with Gasteiger partial charge in [0, 0.05) is 12.1 Å². The summed E-state index contributed by atoms with van der Waals surface area (Å²) in [4.78, 5) is 32.8.